The van der Waals surface area contributed by atoms with Gasteiger partial charge in [-0.2, -0.15) is 0 Å². The first kappa shape index (κ1) is 22.6. The number of hydrogen-bond acceptors (Lipinski definition) is 6. The van der Waals surface area contributed by atoms with Crippen LogP contribution in [-0.2, 0) is 4.79 Å². The van der Waals surface area contributed by atoms with Crippen LogP contribution in [0.3, 0.4) is 0 Å². The summed E-state index contributed by atoms with van der Waals surface area (Å²) in [5.74, 6) is 2.28. The molecule has 0 aliphatic carbocycles. The van der Waals surface area contributed by atoms with Gasteiger partial charge in [0, 0.05) is 51.0 Å². The highest BCUT2D eigenvalue weighted by atomic mass is 16.5. The molecule has 166 valence electrons. The number of rotatable bonds is 9. The fourth-order valence-electron chi connectivity index (χ4n) is 3.66. The molecule has 1 aromatic heterocycles. The molecule has 31 heavy (non-hydrogen) atoms. The van der Waals surface area contributed by atoms with Crippen LogP contribution in [0.4, 0.5) is 5.82 Å². The van der Waals surface area contributed by atoms with Crippen molar-refractivity contribution < 1.29 is 14.3 Å². The predicted octanol–water partition coefficient (Wildman–Crippen LogP) is 2.83. The molecule has 7 heteroatoms. The van der Waals surface area contributed by atoms with Crippen molar-refractivity contribution in [3.63, 3.8) is 0 Å². The Labute approximate surface area is 184 Å². The SMILES string of the molecule is CCOc1ccc(/C=C/C(=O)NC(C)CN2CCN(c3ccccn3)CC2)cc1OC. The van der Waals surface area contributed by atoms with Crippen LogP contribution in [0.25, 0.3) is 6.08 Å². The van der Waals surface area contributed by atoms with Gasteiger partial charge in [0.2, 0.25) is 5.91 Å². The van der Waals surface area contributed by atoms with Gasteiger partial charge in [0.05, 0.1) is 13.7 Å². The molecule has 1 aromatic carbocycles. The predicted molar refractivity (Wildman–Crippen MR) is 124 cm³/mol. The minimum atomic E-state index is -0.104. The minimum absolute atomic E-state index is 0.0633. The van der Waals surface area contributed by atoms with Crippen LogP contribution in [0.2, 0.25) is 0 Å². The first-order chi connectivity index (χ1) is 15.1. The molecule has 3 rings (SSSR count). The van der Waals surface area contributed by atoms with Crippen molar-refractivity contribution in [1.29, 1.82) is 0 Å². The van der Waals surface area contributed by atoms with Crippen molar-refractivity contribution in [2.45, 2.75) is 19.9 Å². The van der Waals surface area contributed by atoms with Crippen molar-refractivity contribution in [3.8, 4) is 11.5 Å². The monoisotopic (exact) mass is 424 g/mol. The molecule has 1 atom stereocenters. The molecule has 1 unspecified atom stereocenters. The summed E-state index contributed by atoms with van der Waals surface area (Å²) in [6, 6.07) is 11.7. The van der Waals surface area contributed by atoms with E-state index in [-0.39, 0.29) is 11.9 Å². The number of nitrogens with one attached hydrogen (secondary N) is 1. The Bertz CT molecular complexity index is 864. The second kappa shape index (κ2) is 11.4. The third kappa shape index (κ3) is 6.72. The molecule has 2 aromatic rings. The van der Waals surface area contributed by atoms with Crippen LogP contribution in [0.5, 0.6) is 11.5 Å². The van der Waals surface area contributed by atoms with Crippen molar-refractivity contribution >= 4 is 17.8 Å². The van der Waals surface area contributed by atoms with E-state index < -0.39 is 0 Å². The van der Waals surface area contributed by atoms with Gasteiger partial charge in [-0.25, -0.2) is 4.98 Å². The number of pyridine rings is 1. The Morgan fingerprint density at radius 2 is 2.00 bits per heavy atom. The van der Waals surface area contributed by atoms with Crippen molar-refractivity contribution in [3.05, 3.63) is 54.2 Å². The zero-order valence-electron chi connectivity index (χ0n) is 18.6. The van der Waals surface area contributed by atoms with Gasteiger partial charge in [-0.3, -0.25) is 9.69 Å². The lowest BCUT2D eigenvalue weighted by molar-refractivity contribution is -0.117. The van der Waals surface area contributed by atoms with Crippen molar-refractivity contribution in [2.24, 2.45) is 0 Å². The van der Waals surface area contributed by atoms with Gasteiger partial charge in [-0.15, -0.1) is 0 Å². The van der Waals surface area contributed by atoms with E-state index >= 15 is 0 Å². The Morgan fingerprint density at radius 1 is 1.19 bits per heavy atom. The summed E-state index contributed by atoms with van der Waals surface area (Å²) in [7, 11) is 1.61. The van der Waals surface area contributed by atoms with Gasteiger partial charge in [0.15, 0.2) is 11.5 Å². The number of amides is 1. The molecule has 1 aliphatic heterocycles. The summed E-state index contributed by atoms with van der Waals surface area (Å²) in [4.78, 5) is 21.4. The number of ether oxygens (including phenoxy) is 2. The third-order valence-electron chi connectivity index (χ3n) is 5.18. The second-order valence-electron chi connectivity index (χ2n) is 7.56. The lowest BCUT2D eigenvalue weighted by Gasteiger charge is -2.36. The third-order valence-corrected chi connectivity index (χ3v) is 5.18. The smallest absolute Gasteiger partial charge is 0.244 e. The zero-order valence-corrected chi connectivity index (χ0v) is 18.6. The van der Waals surface area contributed by atoms with Gasteiger partial charge in [0.25, 0.3) is 0 Å². The molecule has 1 amide bonds. The summed E-state index contributed by atoms with van der Waals surface area (Å²) in [6.07, 6.45) is 5.17. The maximum absolute atomic E-state index is 12.3. The average molecular weight is 425 g/mol. The van der Waals surface area contributed by atoms with Crippen LogP contribution in [0.15, 0.2) is 48.7 Å². The summed E-state index contributed by atoms with van der Waals surface area (Å²) < 4.78 is 10.9. The van der Waals surface area contributed by atoms with Crippen LogP contribution in [-0.4, -0.2) is 68.3 Å². The zero-order chi connectivity index (χ0) is 22.1. The Morgan fingerprint density at radius 3 is 2.68 bits per heavy atom. The number of piperazine rings is 1. The number of nitrogens with zero attached hydrogens (tertiary/aromatic N) is 3. The topological polar surface area (TPSA) is 66.9 Å². The fraction of sp³-hybridized carbons (Fsp3) is 0.417. The molecular formula is C24H32N4O3. The standard InChI is InChI=1S/C24H32N4O3/c1-4-31-21-10-8-20(17-22(21)30-3)9-11-24(29)26-19(2)18-27-13-15-28(16-14-27)23-7-5-6-12-25-23/h5-12,17,19H,4,13-16,18H2,1-3H3,(H,26,29)/b11-9+. The highest BCUT2D eigenvalue weighted by Crippen LogP contribution is 2.28. The summed E-state index contributed by atoms with van der Waals surface area (Å²) in [6.45, 7) is 9.16. The van der Waals surface area contributed by atoms with Crippen LogP contribution < -0.4 is 19.7 Å². The molecule has 1 aliphatic rings. The van der Waals surface area contributed by atoms with E-state index in [4.69, 9.17) is 9.47 Å². The molecule has 0 bridgehead atoms. The van der Waals surface area contributed by atoms with Gasteiger partial charge < -0.3 is 19.7 Å². The van der Waals surface area contributed by atoms with E-state index in [2.05, 4.69) is 20.1 Å². The lowest BCUT2D eigenvalue weighted by Crippen LogP contribution is -2.50. The molecule has 0 saturated carbocycles. The molecule has 1 saturated heterocycles. The fourth-order valence-corrected chi connectivity index (χ4v) is 3.66. The number of anilines is 1. The van der Waals surface area contributed by atoms with Crippen LogP contribution in [0, 0.1) is 0 Å². The molecular weight excluding hydrogens is 392 g/mol. The normalized spacial score (nSPS) is 15.6. The number of aromatic nitrogens is 1. The van der Waals surface area contributed by atoms with E-state index in [1.807, 2.05) is 56.4 Å². The quantitative estimate of drug-likeness (QED) is 0.625. The summed E-state index contributed by atoms with van der Waals surface area (Å²) in [5.41, 5.74) is 0.883. The summed E-state index contributed by atoms with van der Waals surface area (Å²) in [5, 5.41) is 3.05. The number of carbonyl (C=O) groups is 1. The van der Waals surface area contributed by atoms with Crippen LogP contribution in [0.1, 0.15) is 19.4 Å². The number of carbonyl (C=O) groups excluding carboxylic acids is 1. The van der Waals surface area contributed by atoms with E-state index in [0.29, 0.717) is 18.1 Å². The van der Waals surface area contributed by atoms with Crippen LogP contribution >= 0.6 is 0 Å². The lowest BCUT2D eigenvalue weighted by atomic mass is 10.2. The number of benzene rings is 1. The maximum Gasteiger partial charge on any atom is 0.244 e. The van der Waals surface area contributed by atoms with E-state index in [1.165, 1.54) is 0 Å². The van der Waals surface area contributed by atoms with Gasteiger partial charge >= 0.3 is 0 Å². The van der Waals surface area contributed by atoms with Gasteiger partial charge in [-0.1, -0.05) is 12.1 Å². The average Bonchev–Trinajstić information content (AvgIpc) is 2.79. The van der Waals surface area contributed by atoms with Crippen molar-refractivity contribution in [2.75, 3.05) is 51.3 Å². The first-order valence-electron chi connectivity index (χ1n) is 10.8. The Balaban J connectivity index is 1.44. The highest BCUT2D eigenvalue weighted by Gasteiger charge is 2.19. The Hall–Kier alpha value is -3.06. The van der Waals surface area contributed by atoms with Gasteiger partial charge in [0.1, 0.15) is 5.82 Å². The van der Waals surface area contributed by atoms with Gasteiger partial charge in [-0.05, 0) is 49.8 Å². The molecule has 7 nitrogen and oxygen atoms in total. The number of methoxy groups -OCH3 is 1. The molecule has 0 radical (unpaired) electrons. The maximum atomic E-state index is 12.3. The van der Waals surface area contributed by atoms with E-state index in [9.17, 15) is 4.79 Å². The van der Waals surface area contributed by atoms with E-state index in [0.717, 1.165) is 44.1 Å². The van der Waals surface area contributed by atoms with Crippen molar-refractivity contribution in [1.82, 2.24) is 15.2 Å². The first-order valence-corrected chi connectivity index (χ1v) is 10.8. The molecule has 0 spiro atoms. The molecule has 1 fully saturated rings. The Kier molecular flexibility index (Phi) is 8.29. The molecule has 1 N–H and O–H groups in total. The minimum Gasteiger partial charge on any atom is -0.493 e. The largest absolute Gasteiger partial charge is 0.493 e. The molecule has 2 heterocycles. The second-order valence-corrected chi connectivity index (χ2v) is 7.56. The van der Waals surface area contributed by atoms with E-state index in [1.54, 1.807) is 19.3 Å². The highest BCUT2D eigenvalue weighted by molar-refractivity contribution is 5.92. The number of hydrogen-bond donors (Lipinski definition) is 1. The summed E-state index contributed by atoms with van der Waals surface area (Å²) >= 11 is 0.